The maximum atomic E-state index is 13.5. The van der Waals surface area contributed by atoms with Crippen molar-refractivity contribution < 1.29 is 28.9 Å². The number of ether oxygens (including phenoxy) is 3. The first-order valence-corrected chi connectivity index (χ1v) is 10.4. The number of hydrogen-bond donors (Lipinski definition) is 1. The summed E-state index contributed by atoms with van der Waals surface area (Å²) >= 11 is 0. The lowest BCUT2D eigenvalue weighted by atomic mass is 9.43. The maximum Gasteiger partial charge on any atom is 0.303 e. The van der Waals surface area contributed by atoms with Crippen LogP contribution < -0.4 is 0 Å². The quantitative estimate of drug-likeness (QED) is 0.728. The Morgan fingerprint density at radius 3 is 2.61 bits per heavy atom. The van der Waals surface area contributed by atoms with E-state index in [-0.39, 0.29) is 23.7 Å². The largest absolute Gasteiger partial charge is 0.498 e. The molecule has 1 saturated heterocycles. The molecule has 0 aromatic heterocycles. The van der Waals surface area contributed by atoms with Gasteiger partial charge in [-0.05, 0) is 50.0 Å². The van der Waals surface area contributed by atoms with Gasteiger partial charge in [0.15, 0.2) is 11.4 Å². The molecule has 1 N–H and O–H groups in total. The Balaban J connectivity index is 1.89. The highest BCUT2D eigenvalue weighted by atomic mass is 16.6. The summed E-state index contributed by atoms with van der Waals surface area (Å²) in [5.41, 5.74) is -3.63. The van der Waals surface area contributed by atoms with E-state index in [1.807, 2.05) is 6.08 Å². The second-order valence-electron chi connectivity index (χ2n) is 10.00. The Morgan fingerprint density at radius 2 is 2.00 bits per heavy atom. The second kappa shape index (κ2) is 6.05. The van der Waals surface area contributed by atoms with Gasteiger partial charge in [-0.25, -0.2) is 0 Å². The fraction of sp³-hybridized carbons (Fsp3) is 0.818. The third-order valence-corrected chi connectivity index (χ3v) is 8.45. The molecule has 2 aliphatic carbocycles. The lowest BCUT2D eigenvalue weighted by Gasteiger charge is -2.65. The summed E-state index contributed by atoms with van der Waals surface area (Å²) < 4.78 is 18.1. The van der Waals surface area contributed by atoms with Crippen LogP contribution >= 0.6 is 0 Å². The molecule has 0 bridgehead atoms. The van der Waals surface area contributed by atoms with Crippen LogP contribution in [-0.2, 0) is 23.8 Å². The number of ketones is 1. The highest BCUT2D eigenvalue weighted by molar-refractivity contribution is 5.92. The smallest absolute Gasteiger partial charge is 0.303 e. The minimum absolute atomic E-state index is 0.0312. The molecule has 0 aromatic carbocycles. The zero-order chi connectivity index (χ0) is 20.4. The molecule has 6 heteroatoms. The molecule has 2 heterocycles. The predicted octanol–water partition coefficient (Wildman–Crippen LogP) is 2.92. The molecule has 2 spiro atoms. The molecule has 2 saturated carbocycles. The van der Waals surface area contributed by atoms with Crippen molar-refractivity contribution in [3.05, 3.63) is 12.3 Å². The van der Waals surface area contributed by atoms with E-state index >= 15 is 0 Å². The van der Waals surface area contributed by atoms with Crippen LogP contribution in [0.4, 0.5) is 0 Å². The van der Waals surface area contributed by atoms with Crippen molar-refractivity contribution in [2.24, 2.45) is 16.7 Å². The van der Waals surface area contributed by atoms with Crippen LogP contribution in [0.15, 0.2) is 12.3 Å². The van der Waals surface area contributed by atoms with Gasteiger partial charge in [-0.3, -0.25) is 9.59 Å². The van der Waals surface area contributed by atoms with Crippen LogP contribution in [0.5, 0.6) is 0 Å². The van der Waals surface area contributed by atoms with E-state index in [9.17, 15) is 14.7 Å². The first kappa shape index (κ1) is 19.9. The van der Waals surface area contributed by atoms with Crippen LogP contribution in [0.3, 0.4) is 0 Å². The van der Waals surface area contributed by atoms with Crippen LogP contribution in [-0.4, -0.2) is 46.9 Å². The molecule has 3 fully saturated rings. The normalized spacial score (nSPS) is 50.0. The molecule has 0 amide bonds. The number of aliphatic hydroxyl groups is 1. The molecular formula is C22H32O6. The Morgan fingerprint density at radius 1 is 1.25 bits per heavy atom. The van der Waals surface area contributed by atoms with E-state index < -0.39 is 28.2 Å². The van der Waals surface area contributed by atoms with E-state index in [0.29, 0.717) is 25.9 Å². The van der Waals surface area contributed by atoms with E-state index in [2.05, 4.69) is 13.8 Å². The molecule has 6 atom stereocenters. The van der Waals surface area contributed by atoms with Gasteiger partial charge in [-0.2, -0.15) is 0 Å². The predicted molar refractivity (Wildman–Crippen MR) is 101 cm³/mol. The maximum absolute atomic E-state index is 13.5. The van der Waals surface area contributed by atoms with Gasteiger partial charge in [0.25, 0.3) is 0 Å². The number of hydrogen-bond acceptors (Lipinski definition) is 6. The average molecular weight is 392 g/mol. The van der Waals surface area contributed by atoms with Gasteiger partial charge in [0, 0.05) is 25.4 Å². The van der Waals surface area contributed by atoms with Crippen molar-refractivity contribution in [1.82, 2.24) is 0 Å². The molecule has 4 aliphatic rings. The number of esters is 1. The fourth-order valence-electron chi connectivity index (χ4n) is 6.90. The number of aliphatic hydroxyl groups excluding tert-OH is 1. The highest BCUT2D eigenvalue weighted by Crippen LogP contribution is 2.68. The molecule has 156 valence electrons. The number of carbonyl (C=O) groups excluding carboxylic acids is 2. The average Bonchev–Trinajstić information content (AvgIpc) is 3.25. The van der Waals surface area contributed by atoms with Gasteiger partial charge in [0.1, 0.15) is 17.8 Å². The minimum atomic E-state index is -1.35. The molecular weight excluding hydrogens is 360 g/mol. The summed E-state index contributed by atoms with van der Waals surface area (Å²) in [6.45, 7) is 7.79. The summed E-state index contributed by atoms with van der Waals surface area (Å²) in [6.07, 6.45) is 7.91. The van der Waals surface area contributed by atoms with Crippen LogP contribution in [0.2, 0.25) is 0 Å². The molecule has 0 unspecified atom stereocenters. The summed E-state index contributed by atoms with van der Waals surface area (Å²) in [7, 11) is 0. The Labute approximate surface area is 166 Å². The van der Waals surface area contributed by atoms with Crippen LogP contribution in [0, 0.1) is 16.7 Å². The van der Waals surface area contributed by atoms with Crippen molar-refractivity contribution in [3.8, 4) is 0 Å². The van der Waals surface area contributed by atoms with E-state index in [0.717, 1.165) is 19.3 Å². The van der Waals surface area contributed by atoms with Gasteiger partial charge in [-0.15, -0.1) is 0 Å². The molecule has 4 rings (SSSR count). The zero-order valence-corrected chi connectivity index (χ0v) is 17.4. The summed E-state index contributed by atoms with van der Waals surface area (Å²) in [6, 6.07) is 0. The Bertz CT molecular complexity index is 733. The van der Waals surface area contributed by atoms with E-state index in [1.165, 1.54) is 6.92 Å². The number of carbonyl (C=O) groups is 2. The first-order chi connectivity index (χ1) is 13.1. The Hall–Kier alpha value is -1.40. The van der Waals surface area contributed by atoms with Crippen molar-refractivity contribution in [2.75, 3.05) is 13.2 Å². The number of fused-ring (bicyclic) bond motifs is 2. The summed E-state index contributed by atoms with van der Waals surface area (Å²) in [5, 5.41) is 10.2. The van der Waals surface area contributed by atoms with Gasteiger partial charge in [0.2, 0.25) is 0 Å². The number of Topliss-reactive ketones (excluding diaryl/α,β-unsaturated/α-hetero) is 1. The lowest BCUT2D eigenvalue weighted by Crippen LogP contribution is -2.75. The highest BCUT2D eigenvalue weighted by Gasteiger charge is 2.76. The van der Waals surface area contributed by atoms with Gasteiger partial charge >= 0.3 is 5.97 Å². The molecule has 6 nitrogen and oxygen atoms in total. The van der Waals surface area contributed by atoms with Gasteiger partial charge in [0.05, 0.1) is 6.26 Å². The molecule has 28 heavy (non-hydrogen) atoms. The first-order valence-electron chi connectivity index (χ1n) is 10.4. The minimum Gasteiger partial charge on any atom is -0.498 e. The van der Waals surface area contributed by atoms with Crippen LogP contribution in [0.1, 0.15) is 66.2 Å². The molecule has 0 radical (unpaired) electrons. The number of rotatable bonds is 2. The van der Waals surface area contributed by atoms with Gasteiger partial charge in [-0.1, -0.05) is 20.3 Å². The third-order valence-electron chi connectivity index (χ3n) is 8.45. The van der Waals surface area contributed by atoms with Crippen molar-refractivity contribution in [1.29, 1.82) is 0 Å². The summed E-state index contributed by atoms with van der Waals surface area (Å²) in [5.74, 6) is -0.608. The zero-order valence-electron chi connectivity index (χ0n) is 17.4. The SMILES string of the molecule is CC(=O)O[C@@]1(C)C(=O)C[C@H]2[C@@](C)(CO)CCC[C@]2(C)[C@@]12CC[C@@]1(C=COC1)O2. The van der Waals surface area contributed by atoms with Gasteiger partial charge < -0.3 is 19.3 Å². The third kappa shape index (κ3) is 2.34. The van der Waals surface area contributed by atoms with E-state index in [4.69, 9.17) is 14.2 Å². The monoisotopic (exact) mass is 392 g/mol. The second-order valence-corrected chi connectivity index (χ2v) is 10.00. The van der Waals surface area contributed by atoms with Crippen molar-refractivity contribution in [2.45, 2.75) is 83.0 Å². The fourth-order valence-corrected chi connectivity index (χ4v) is 6.90. The van der Waals surface area contributed by atoms with E-state index in [1.54, 1.807) is 13.2 Å². The van der Waals surface area contributed by atoms with Crippen molar-refractivity contribution >= 4 is 11.8 Å². The molecule has 2 aliphatic heterocycles. The topological polar surface area (TPSA) is 82.1 Å². The Kier molecular flexibility index (Phi) is 4.30. The molecule has 0 aromatic rings. The lowest BCUT2D eigenvalue weighted by molar-refractivity contribution is -0.285. The summed E-state index contributed by atoms with van der Waals surface area (Å²) in [4.78, 5) is 25.6. The standard InChI is InChI=1S/C22H32O6/c1-15(24)27-20(4)17(25)12-16-18(2,13-23)6-5-7-19(16,3)22(20)9-8-21(28-22)10-11-26-14-21/h10-11,16,23H,5-9,12-14H2,1-4H3/t16-,18+,19-,20-,21-,22-/m0/s1. The van der Waals surface area contributed by atoms with Crippen molar-refractivity contribution in [3.63, 3.8) is 0 Å². The van der Waals surface area contributed by atoms with Crippen LogP contribution in [0.25, 0.3) is 0 Å².